The van der Waals surface area contributed by atoms with E-state index in [0.717, 1.165) is 11.1 Å². The van der Waals surface area contributed by atoms with Gasteiger partial charge < -0.3 is 9.63 Å². The third kappa shape index (κ3) is 3.14. The first-order chi connectivity index (χ1) is 8.13. The second kappa shape index (κ2) is 4.78. The first-order valence-electron chi connectivity index (χ1n) is 5.22. The summed E-state index contributed by atoms with van der Waals surface area (Å²) in [5.41, 5.74) is 1.73. The molecule has 0 aliphatic rings. The number of aromatic nitrogens is 2. The van der Waals surface area contributed by atoms with E-state index in [0.29, 0.717) is 18.1 Å². The smallest absolute Gasteiger partial charge is 0.307 e. The summed E-state index contributed by atoms with van der Waals surface area (Å²) >= 11 is 0. The zero-order valence-corrected chi connectivity index (χ0v) is 9.38. The van der Waals surface area contributed by atoms with Gasteiger partial charge in [0.1, 0.15) is 0 Å². The number of benzene rings is 1. The number of hydrogen-bond acceptors (Lipinski definition) is 4. The maximum absolute atomic E-state index is 10.6. The minimum absolute atomic E-state index is 0.0245. The summed E-state index contributed by atoms with van der Waals surface area (Å²) in [5, 5.41) is 12.4. The van der Waals surface area contributed by atoms with Gasteiger partial charge in [-0.05, 0) is 18.1 Å². The van der Waals surface area contributed by atoms with Crippen molar-refractivity contribution in [1.82, 2.24) is 10.1 Å². The molecule has 1 aromatic heterocycles. The van der Waals surface area contributed by atoms with Crippen LogP contribution in [0.2, 0.25) is 0 Å². The molecule has 0 radical (unpaired) electrons. The highest BCUT2D eigenvalue weighted by Gasteiger charge is 2.06. The Morgan fingerprint density at radius 2 is 2.18 bits per heavy atom. The Morgan fingerprint density at radius 1 is 1.41 bits per heavy atom. The summed E-state index contributed by atoms with van der Waals surface area (Å²) in [6.45, 7) is 1.76. The Hall–Kier alpha value is -2.17. The van der Waals surface area contributed by atoms with Crippen LogP contribution in [-0.4, -0.2) is 21.2 Å². The van der Waals surface area contributed by atoms with Gasteiger partial charge in [0.15, 0.2) is 5.82 Å². The van der Waals surface area contributed by atoms with Crippen molar-refractivity contribution in [2.45, 2.75) is 19.8 Å². The van der Waals surface area contributed by atoms with Crippen molar-refractivity contribution in [2.24, 2.45) is 0 Å². The van der Waals surface area contributed by atoms with Gasteiger partial charge in [-0.15, -0.1) is 0 Å². The Balaban J connectivity index is 2.13. The summed E-state index contributed by atoms with van der Waals surface area (Å²) in [6, 6.07) is 7.37. The molecule has 0 aliphatic heterocycles. The maximum atomic E-state index is 10.6. The summed E-state index contributed by atoms with van der Waals surface area (Å²) in [7, 11) is 0. The predicted octanol–water partition coefficient (Wildman–Crippen LogP) is 1.60. The fourth-order valence-corrected chi connectivity index (χ4v) is 1.61. The molecule has 0 unspecified atom stereocenters. The third-order valence-corrected chi connectivity index (χ3v) is 2.27. The molecule has 5 heteroatoms. The predicted molar refractivity (Wildman–Crippen MR) is 59.6 cm³/mol. The average molecular weight is 232 g/mol. The van der Waals surface area contributed by atoms with E-state index in [-0.39, 0.29) is 6.42 Å². The van der Waals surface area contributed by atoms with Crippen LogP contribution >= 0.6 is 0 Å². The van der Waals surface area contributed by atoms with Crippen LogP contribution < -0.4 is 0 Å². The van der Waals surface area contributed by atoms with E-state index in [2.05, 4.69) is 10.1 Å². The molecule has 1 N–H and O–H groups in total. The lowest BCUT2D eigenvalue weighted by molar-refractivity contribution is -0.136. The molecule has 1 aromatic carbocycles. The fourth-order valence-electron chi connectivity index (χ4n) is 1.61. The largest absolute Gasteiger partial charge is 0.481 e. The molecule has 0 saturated heterocycles. The molecule has 0 atom stereocenters. The van der Waals surface area contributed by atoms with E-state index in [1.165, 1.54) is 0 Å². The quantitative estimate of drug-likeness (QED) is 0.866. The Kier molecular flexibility index (Phi) is 3.18. The molecule has 0 saturated carbocycles. The molecule has 0 aliphatic carbocycles. The second-order valence-electron chi connectivity index (χ2n) is 3.80. The van der Waals surface area contributed by atoms with Crippen LogP contribution in [0, 0.1) is 6.92 Å². The number of carboxylic acids is 1. The zero-order chi connectivity index (χ0) is 12.3. The Labute approximate surface area is 98.1 Å². The van der Waals surface area contributed by atoms with Crippen molar-refractivity contribution in [3.05, 3.63) is 47.1 Å². The van der Waals surface area contributed by atoms with E-state index in [1.54, 1.807) is 13.0 Å². The number of rotatable bonds is 4. The molecule has 0 amide bonds. The molecule has 1 heterocycles. The third-order valence-electron chi connectivity index (χ3n) is 2.27. The normalized spacial score (nSPS) is 10.4. The van der Waals surface area contributed by atoms with Gasteiger partial charge in [-0.25, -0.2) is 0 Å². The van der Waals surface area contributed by atoms with Crippen molar-refractivity contribution in [3.63, 3.8) is 0 Å². The van der Waals surface area contributed by atoms with E-state index in [9.17, 15) is 4.79 Å². The molecule has 2 rings (SSSR count). The monoisotopic (exact) mass is 232 g/mol. The fraction of sp³-hybridized carbons (Fsp3) is 0.250. The molecule has 0 spiro atoms. The number of aliphatic carboxylic acids is 1. The molecular formula is C12H12N2O3. The van der Waals surface area contributed by atoms with Crippen LogP contribution in [0.5, 0.6) is 0 Å². The van der Waals surface area contributed by atoms with Crippen LogP contribution in [0.15, 0.2) is 28.8 Å². The van der Waals surface area contributed by atoms with Gasteiger partial charge >= 0.3 is 5.97 Å². The number of carbonyl (C=O) groups is 1. The van der Waals surface area contributed by atoms with Crippen LogP contribution in [0.25, 0.3) is 0 Å². The standard InChI is InChI=1S/C12H12N2O3/c1-8-13-11(17-14-8)6-9-3-2-4-10(5-9)7-12(15)16/h2-5H,6-7H2,1H3,(H,15,16). The maximum Gasteiger partial charge on any atom is 0.307 e. The topological polar surface area (TPSA) is 76.2 Å². The summed E-state index contributed by atoms with van der Waals surface area (Å²) in [4.78, 5) is 14.7. The molecular weight excluding hydrogens is 220 g/mol. The van der Waals surface area contributed by atoms with Gasteiger partial charge in [0.2, 0.25) is 5.89 Å². The molecule has 17 heavy (non-hydrogen) atoms. The molecule has 2 aromatic rings. The van der Waals surface area contributed by atoms with Gasteiger partial charge in [-0.1, -0.05) is 29.4 Å². The first kappa shape index (κ1) is 11.3. The summed E-state index contributed by atoms with van der Waals surface area (Å²) in [6.07, 6.45) is 0.547. The van der Waals surface area contributed by atoms with E-state index >= 15 is 0 Å². The minimum atomic E-state index is -0.837. The van der Waals surface area contributed by atoms with Crippen LogP contribution in [0.1, 0.15) is 22.8 Å². The van der Waals surface area contributed by atoms with Gasteiger partial charge in [-0.3, -0.25) is 4.79 Å². The Morgan fingerprint density at radius 3 is 2.82 bits per heavy atom. The van der Waals surface area contributed by atoms with Gasteiger partial charge in [0.25, 0.3) is 0 Å². The molecule has 88 valence electrons. The van der Waals surface area contributed by atoms with Crippen LogP contribution in [0.4, 0.5) is 0 Å². The minimum Gasteiger partial charge on any atom is -0.481 e. The molecule has 5 nitrogen and oxygen atoms in total. The van der Waals surface area contributed by atoms with Crippen molar-refractivity contribution in [1.29, 1.82) is 0 Å². The van der Waals surface area contributed by atoms with E-state index in [4.69, 9.17) is 9.63 Å². The van der Waals surface area contributed by atoms with Gasteiger partial charge in [0.05, 0.1) is 12.8 Å². The van der Waals surface area contributed by atoms with E-state index < -0.39 is 5.97 Å². The lowest BCUT2D eigenvalue weighted by Gasteiger charge is -2.00. The highest BCUT2D eigenvalue weighted by molar-refractivity contribution is 5.70. The first-order valence-corrected chi connectivity index (χ1v) is 5.22. The van der Waals surface area contributed by atoms with Gasteiger partial charge in [0, 0.05) is 0 Å². The number of hydrogen-bond donors (Lipinski definition) is 1. The lowest BCUT2D eigenvalue weighted by atomic mass is 10.1. The number of aryl methyl sites for hydroxylation is 1. The summed E-state index contributed by atoms with van der Waals surface area (Å²) in [5.74, 6) is 0.299. The van der Waals surface area contributed by atoms with Crippen molar-refractivity contribution >= 4 is 5.97 Å². The van der Waals surface area contributed by atoms with Gasteiger partial charge in [-0.2, -0.15) is 4.98 Å². The average Bonchev–Trinajstić information content (AvgIpc) is 2.63. The molecule has 0 bridgehead atoms. The second-order valence-corrected chi connectivity index (χ2v) is 3.80. The lowest BCUT2D eigenvalue weighted by Crippen LogP contribution is -2.00. The number of nitrogens with zero attached hydrogens (tertiary/aromatic N) is 2. The van der Waals surface area contributed by atoms with Crippen molar-refractivity contribution in [3.8, 4) is 0 Å². The highest BCUT2D eigenvalue weighted by Crippen LogP contribution is 2.10. The van der Waals surface area contributed by atoms with Crippen LogP contribution in [-0.2, 0) is 17.6 Å². The SMILES string of the molecule is Cc1noc(Cc2cccc(CC(=O)O)c2)n1. The van der Waals surface area contributed by atoms with Crippen molar-refractivity contribution in [2.75, 3.05) is 0 Å². The Bertz CT molecular complexity index is 534. The zero-order valence-electron chi connectivity index (χ0n) is 9.38. The number of carboxylic acid groups (broad SMARTS) is 1. The van der Waals surface area contributed by atoms with Crippen molar-refractivity contribution < 1.29 is 14.4 Å². The van der Waals surface area contributed by atoms with E-state index in [1.807, 2.05) is 18.2 Å². The summed E-state index contributed by atoms with van der Waals surface area (Å²) < 4.78 is 5.01. The molecule has 0 fully saturated rings. The highest BCUT2D eigenvalue weighted by atomic mass is 16.5. The van der Waals surface area contributed by atoms with Crippen LogP contribution in [0.3, 0.4) is 0 Å².